The van der Waals surface area contributed by atoms with E-state index in [1.165, 1.54) is 0 Å². The number of hydrogen-bond acceptors (Lipinski definition) is 4. The van der Waals surface area contributed by atoms with Gasteiger partial charge < -0.3 is 11.1 Å². The molecule has 6 heteroatoms. The van der Waals surface area contributed by atoms with Crippen LogP contribution in [0.15, 0.2) is 0 Å². The molecule has 0 aliphatic carbocycles. The molecule has 0 aliphatic rings. The van der Waals surface area contributed by atoms with Crippen molar-refractivity contribution in [2.24, 2.45) is 11.1 Å². The second-order valence-electron chi connectivity index (χ2n) is 4.98. The third-order valence-corrected chi connectivity index (χ3v) is 5.17. The molecule has 0 spiro atoms. The summed E-state index contributed by atoms with van der Waals surface area (Å²) < 4.78 is 22.8. The summed E-state index contributed by atoms with van der Waals surface area (Å²) in [6, 6.07) is 0. The van der Waals surface area contributed by atoms with Gasteiger partial charge in [0.15, 0.2) is 9.84 Å². The fourth-order valence-electron chi connectivity index (χ4n) is 2.26. The van der Waals surface area contributed by atoms with Gasteiger partial charge in [-0.15, -0.1) is 0 Å². The number of carbonyl (C=O) groups is 1. The average Bonchev–Trinajstić information content (AvgIpc) is 2.38. The molecule has 0 aromatic heterocycles. The van der Waals surface area contributed by atoms with E-state index in [1.54, 1.807) is 6.92 Å². The Morgan fingerprint density at radius 2 is 1.68 bits per heavy atom. The van der Waals surface area contributed by atoms with E-state index in [9.17, 15) is 13.2 Å². The van der Waals surface area contributed by atoms with Crippen LogP contribution in [0.3, 0.4) is 0 Å². The summed E-state index contributed by atoms with van der Waals surface area (Å²) in [5, 5.41) is 2.74. The Bertz CT molecular complexity index is 360. The molecule has 5 nitrogen and oxygen atoms in total. The molecular formula is C13H28N2O3S. The highest BCUT2D eigenvalue weighted by Crippen LogP contribution is 2.28. The largest absolute Gasteiger partial charge is 0.355 e. The summed E-state index contributed by atoms with van der Waals surface area (Å²) in [5.74, 6) is -0.00632. The summed E-state index contributed by atoms with van der Waals surface area (Å²) in [5.41, 5.74) is 5.24. The van der Waals surface area contributed by atoms with Crippen molar-refractivity contribution in [3.63, 3.8) is 0 Å². The minimum absolute atomic E-state index is 0.00581. The zero-order chi connectivity index (χ0) is 14.9. The smallest absolute Gasteiger partial charge is 0.227 e. The third kappa shape index (κ3) is 5.91. The van der Waals surface area contributed by atoms with Gasteiger partial charge in [0.05, 0.1) is 11.2 Å². The zero-order valence-electron chi connectivity index (χ0n) is 12.4. The van der Waals surface area contributed by atoms with E-state index in [-0.39, 0.29) is 24.0 Å². The van der Waals surface area contributed by atoms with E-state index < -0.39 is 15.3 Å². The van der Waals surface area contributed by atoms with Crippen LogP contribution in [-0.4, -0.2) is 38.9 Å². The monoisotopic (exact) mass is 292 g/mol. The van der Waals surface area contributed by atoms with Crippen molar-refractivity contribution in [2.45, 2.75) is 46.5 Å². The van der Waals surface area contributed by atoms with E-state index >= 15 is 0 Å². The van der Waals surface area contributed by atoms with Gasteiger partial charge in [0.25, 0.3) is 0 Å². The minimum atomic E-state index is -3.04. The molecule has 0 bridgehead atoms. The number of hydrogen-bond donors (Lipinski definition) is 2. The van der Waals surface area contributed by atoms with Crippen LogP contribution in [0, 0.1) is 5.41 Å². The highest BCUT2D eigenvalue weighted by Gasteiger charge is 2.34. The number of amides is 1. The summed E-state index contributed by atoms with van der Waals surface area (Å²) in [6.07, 6.45) is 3.25. The SMILES string of the molecule is CCCC(CN)(CCC)C(=O)NCCS(=O)(=O)CC. The third-order valence-electron chi connectivity index (χ3n) is 3.47. The van der Waals surface area contributed by atoms with Crippen LogP contribution < -0.4 is 11.1 Å². The molecule has 0 heterocycles. The van der Waals surface area contributed by atoms with Crippen molar-refractivity contribution in [1.82, 2.24) is 5.32 Å². The molecule has 0 saturated carbocycles. The van der Waals surface area contributed by atoms with Gasteiger partial charge in [-0.05, 0) is 12.8 Å². The average molecular weight is 292 g/mol. The number of nitrogens with two attached hydrogens (primary N) is 1. The van der Waals surface area contributed by atoms with Gasteiger partial charge in [-0.2, -0.15) is 0 Å². The molecule has 0 radical (unpaired) electrons. The topological polar surface area (TPSA) is 89.3 Å². The zero-order valence-corrected chi connectivity index (χ0v) is 13.2. The Kier molecular flexibility index (Phi) is 8.25. The highest BCUT2D eigenvalue weighted by molar-refractivity contribution is 7.91. The fourth-order valence-corrected chi connectivity index (χ4v) is 2.96. The Morgan fingerprint density at radius 1 is 1.16 bits per heavy atom. The van der Waals surface area contributed by atoms with Crippen molar-refractivity contribution in [1.29, 1.82) is 0 Å². The minimum Gasteiger partial charge on any atom is -0.355 e. The summed E-state index contributed by atoms with van der Waals surface area (Å²) in [6.45, 7) is 6.13. The summed E-state index contributed by atoms with van der Waals surface area (Å²) >= 11 is 0. The quantitative estimate of drug-likeness (QED) is 0.630. The first kappa shape index (κ1) is 18.4. The number of carbonyl (C=O) groups excluding carboxylic acids is 1. The van der Waals surface area contributed by atoms with E-state index in [0.29, 0.717) is 6.54 Å². The molecule has 0 unspecified atom stereocenters. The molecule has 0 aliphatic heterocycles. The van der Waals surface area contributed by atoms with Crippen LogP contribution in [0.1, 0.15) is 46.5 Å². The van der Waals surface area contributed by atoms with Crippen molar-refractivity contribution in [3.05, 3.63) is 0 Å². The lowest BCUT2D eigenvalue weighted by Crippen LogP contribution is -2.47. The second-order valence-corrected chi connectivity index (χ2v) is 7.45. The lowest BCUT2D eigenvalue weighted by molar-refractivity contribution is -0.131. The number of sulfone groups is 1. The van der Waals surface area contributed by atoms with Gasteiger partial charge in [-0.1, -0.05) is 33.6 Å². The molecule has 114 valence electrons. The fraction of sp³-hybridized carbons (Fsp3) is 0.923. The van der Waals surface area contributed by atoms with Crippen LogP contribution in [-0.2, 0) is 14.6 Å². The van der Waals surface area contributed by atoms with Gasteiger partial charge in [0.2, 0.25) is 5.91 Å². The first-order valence-electron chi connectivity index (χ1n) is 7.06. The lowest BCUT2D eigenvalue weighted by atomic mass is 9.78. The maximum Gasteiger partial charge on any atom is 0.227 e. The van der Waals surface area contributed by atoms with Crippen LogP contribution in [0.4, 0.5) is 0 Å². The molecule has 0 fully saturated rings. The Morgan fingerprint density at radius 3 is 2.05 bits per heavy atom. The van der Waals surface area contributed by atoms with Crippen molar-refractivity contribution >= 4 is 15.7 Å². The molecule has 0 saturated heterocycles. The van der Waals surface area contributed by atoms with Gasteiger partial charge in [-0.3, -0.25) is 4.79 Å². The molecule has 0 atom stereocenters. The molecular weight excluding hydrogens is 264 g/mol. The molecule has 0 rings (SSSR count). The van der Waals surface area contributed by atoms with E-state index in [2.05, 4.69) is 5.32 Å². The van der Waals surface area contributed by atoms with Gasteiger partial charge in [0, 0.05) is 18.8 Å². The maximum absolute atomic E-state index is 12.3. The predicted molar refractivity (Wildman–Crippen MR) is 78.6 cm³/mol. The van der Waals surface area contributed by atoms with Crippen LogP contribution in [0.2, 0.25) is 0 Å². The standard InChI is InChI=1S/C13H28N2O3S/c1-4-7-13(11-14,8-5-2)12(16)15-9-10-19(17,18)6-3/h4-11,14H2,1-3H3,(H,15,16). The molecule has 19 heavy (non-hydrogen) atoms. The van der Waals surface area contributed by atoms with E-state index in [1.807, 2.05) is 13.8 Å². The summed E-state index contributed by atoms with van der Waals surface area (Å²) in [7, 11) is -3.04. The van der Waals surface area contributed by atoms with E-state index in [0.717, 1.165) is 25.7 Å². The maximum atomic E-state index is 12.3. The van der Waals surface area contributed by atoms with Crippen molar-refractivity contribution in [3.8, 4) is 0 Å². The van der Waals surface area contributed by atoms with Gasteiger partial charge in [0.1, 0.15) is 0 Å². The van der Waals surface area contributed by atoms with Crippen LogP contribution >= 0.6 is 0 Å². The van der Waals surface area contributed by atoms with Crippen molar-refractivity contribution < 1.29 is 13.2 Å². The lowest BCUT2D eigenvalue weighted by Gasteiger charge is -2.30. The normalized spacial score (nSPS) is 12.4. The molecule has 3 N–H and O–H groups in total. The van der Waals surface area contributed by atoms with Gasteiger partial charge in [-0.25, -0.2) is 8.42 Å². The van der Waals surface area contributed by atoms with Crippen LogP contribution in [0.25, 0.3) is 0 Å². The van der Waals surface area contributed by atoms with Crippen molar-refractivity contribution in [2.75, 3.05) is 24.6 Å². The number of rotatable bonds is 10. The Hall–Kier alpha value is -0.620. The first-order valence-corrected chi connectivity index (χ1v) is 8.88. The predicted octanol–water partition coefficient (Wildman–Crippen LogP) is 1.08. The van der Waals surface area contributed by atoms with Crippen LogP contribution in [0.5, 0.6) is 0 Å². The Balaban J connectivity index is 4.57. The second kappa shape index (κ2) is 8.53. The Labute approximate surface area is 117 Å². The summed E-state index contributed by atoms with van der Waals surface area (Å²) in [4.78, 5) is 12.3. The molecule has 0 aromatic rings. The molecule has 0 aromatic carbocycles. The first-order chi connectivity index (χ1) is 8.87. The van der Waals surface area contributed by atoms with Gasteiger partial charge >= 0.3 is 0 Å². The molecule has 1 amide bonds. The van der Waals surface area contributed by atoms with E-state index in [4.69, 9.17) is 5.73 Å². The number of nitrogens with one attached hydrogen (secondary N) is 1. The highest BCUT2D eigenvalue weighted by atomic mass is 32.2.